The van der Waals surface area contributed by atoms with Gasteiger partial charge in [-0.05, 0) is 41.8 Å². The van der Waals surface area contributed by atoms with Crippen molar-refractivity contribution in [2.75, 3.05) is 7.11 Å². The summed E-state index contributed by atoms with van der Waals surface area (Å²) in [6, 6.07) is 14.9. The van der Waals surface area contributed by atoms with Crippen LogP contribution in [0.5, 0.6) is 5.75 Å². The van der Waals surface area contributed by atoms with Crippen LogP contribution in [-0.2, 0) is 6.42 Å². The van der Waals surface area contributed by atoms with E-state index in [9.17, 15) is 4.79 Å². The number of carbonyl (C=O) groups excluding carboxylic acids is 1. The average Bonchev–Trinajstić information content (AvgIpc) is 2.83. The van der Waals surface area contributed by atoms with E-state index in [0.29, 0.717) is 5.56 Å². The first-order valence-corrected chi connectivity index (χ1v) is 6.97. The summed E-state index contributed by atoms with van der Waals surface area (Å²) in [7, 11) is 1.60. The Bertz CT molecular complexity index is 652. The zero-order valence-corrected chi connectivity index (χ0v) is 11.9. The fourth-order valence-corrected chi connectivity index (χ4v) is 2.78. The fourth-order valence-electron chi connectivity index (χ4n) is 2.78. The number of carbonyl (C=O) groups is 1. The highest BCUT2D eigenvalue weighted by atomic mass is 16.5. The van der Waals surface area contributed by atoms with Gasteiger partial charge in [-0.2, -0.15) is 0 Å². The van der Waals surface area contributed by atoms with Crippen molar-refractivity contribution in [3.05, 3.63) is 65.2 Å². The molecule has 0 spiro atoms. The first-order valence-electron chi connectivity index (χ1n) is 6.97. The van der Waals surface area contributed by atoms with E-state index in [2.05, 4.69) is 11.4 Å². The topological polar surface area (TPSA) is 64.3 Å². The van der Waals surface area contributed by atoms with E-state index in [0.717, 1.165) is 17.7 Å². The van der Waals surface area contributed by atoms with Gasteiger partial charge in [0.05, 0.1) is 13.2 Å². The maximum absolute atomic E-state index is 12.3. The van der Waals surface area contributed by atoms with Gasteiger partial charge in [-0.15, -0.1) is 0 Å². The van der Waals surface area contributed by atoms with Crippen molar-refractivity contribution in [2.24, 2.45) is 5.73 Å². The van der Waals surface area contributed by atoms with Gasteiger partial charge in [-0.25, -0.2) is 0 Å². The van der Waals surface area contributed by atoms with E-state index in [1.165, 1.54) is 5.56 Å². The van der Waals surface area contributed by atoms with Crippen molar-refractivity contribution < 1.29 is 9.53 Å². The molecule has 0 saturated heterocycles. The molecule has 0 aromatic heterocycles. The van der Waals surface area contributed by atoms with Crippen molar-refractivity contribution in [1.29, 1.82) is 0 Å². The minimum atomic E-state index is -0.129. The van der Waals surface area contributed by atoms with Crippen LogP contribution in [0.4, 0.5) is 0 Å². The fraction of sp³-hybridized carbons (Fsp3) is 0.235. The zero-order chi connectivity index (χ0) is 14.8. The monoisotopic (exact) mass is 282 g/mol. The van der Waals surface area contributed by atoms with E-state index < -0.39 is 0 Å². The third kappa shape index (κ3) is 2.62. The van der Waals surface area contributed by atoms with Crippen molar-refractivity contribution in [3.8, 4) is 5.75 Å². The Hall–Kier alpha value is -2.33. The molecular formula is C17H18N2O2. The van der Waals surface area contributed by atoms with Gasteiger partial charge in [-0.1, -0.05) is 24.3 Å². The van der Waals surface area contributed by atoms with Crippen LogP contribution in [0, 0.1) is 0 Å². The molecule has 2 atom stereocenters. The number of nitrogens with one attached hydrogen (secondary N) is 1. The smallest absolute Gasteiger partial charge is 0.251 e. The molecule has 0 bridgehead atoms. The third-order valence-corrected chi connectivity index (χ3v) is 3.91. The minimum absolute atomic E-state index is 0.0791. The minimum Gasteiger partial charge on any atom is -0.497 e. The summed E-state index contributed by atoms with van der Waals surface area (Å²) in [6.45, 7) is 0. The van der Waals surface area contributed by atoms with Crippen LogP contribution in [-0.4, -0.2) is 19.1 Å². The van der Waals surface area contributed by atoms with Gasteiger partial charge in [0.2, 0.25) is 0 Å². The molecule has 4 nitrogen and oxygen atoms in total. The molecule has 3 N–H and O–H groups in total. The maximum atomic E-state index is 12.3. The quantitative estimate of drug-likeness (QED) is 0.905. The van der Waals surface area contributed by atoms with Crippen molar-refractivity contribution in [1.82, 2.24) is 5.32 Å². The second kappa shape index (κ2) is 5.58. The van der Waals surface area contributed by atoms with Crippen LogP contribution in [0.25, 0.3) is 0 Å². The van der Waals surface area contributed by atoms with Crippen LogP contribution < -0.4 is 15.8 Å². The van der Waals surface area contributed by atoms with Crippen LogP contribution >= 0.6 is 0 Å². The summed E-state index contributed by atoms with van der Waals surface area (Å²) in [6.07, 6.45) is 0.795. The SMILES string of the molecule is COc1ccc(C(=O)NC2c3ccccc3CC2N)cc1. The molecular weight excluding hydrogens is 264 g/mol. The zero-order valence-electron chi connectivity index (χ0n) is 11.9. The highest BCUT2D eigenvalue weighted by molar-refractivity contribution is 5.94. The molecule has 108 valence electrons. The van der Waals surface area contributed by atoms with Crippen molar-refractivity contribution in [3.63, 3.8) is 0 Å². The molecule has 1 aliphatic carbocycles. The Morgan fingerprint density at radius 3 is 2.62 bits per heavy atom. The number of fused-ring (bicyclic) bond motifs is 1. The summed E-state index contributed by atoms with van der Waals surface area (Å²) in [5, 5.41) is 3.03. The lowest BCUT2D eigenvalue weighted by Crippen LogP contribution is -2.38. The molecule has 1 amide bonds. The highest BCUT2D eigenvalue weighted by Gasteiger charge is 2.30. The lowest BCUT2D eigenvalue weighted by atomic mass is 10.1. The van der Waals surface area contributed by atoms with Gasteiger partial charge in [0.25, 0.3) is 5.91 Å². The molecule has 0 fully saturated rings. The van der Waals surface area contributed by atoms with Crippen molar-refractivity contribution >= 4 is 5.91 Å². The summed E-state index contributed by atoms with van der Waals surface area (Å²) in [4.78, 5) is 12.3. The predicted molar refractivity (Wildman–Crippen MR) is 81.3 cm³/mol. The molecule has 2 aromatic rings. The van der Waals surface area contributed by atoms with Gasteiger partial charge in [-0.3, -0.25) is 4.79 Å². The molecule has 0 radical (unpaired) electrons. The summed E-state index contributed by atoms with van der Waals surface area (Å²) < 4.78 is 5.09. The molecule has 0 saturated carbocycles. The van der Waals surface area contributed by atoms with Gasteiger partial charge >= 0.3 is 0 Å². The van der Waals surface area contributed by atoms with Crippen LogP contribution in [0.3, 0.4) is 0 Å². The Balaban J connectivity index is 1.78. The summed E-state index contributed by atoms with van der Waals surface area (Å²) >= 11 is 0. The Morgan fingerprint density at radius 2 is 1.90 bits per heavy atom. The molecule has 4 heteroatoms. The Kier molecular flexibility index (Phi) is 3.62. The van der Waals surface area contributed by atoms with Crippen molar-refractivity contribution in [2.45, 2.75) is 18.5 Å². The van der Waals surface area contributed by atoms with Crippen LogP contribution in [0.1, 0.15) is 27.5 Å². The third-order valence-electron chi connectivity index (χ3n) is 3.91. The predicted octanol–water partition coefficient (Wildman–Crippen LogP) is 2.05. The average molecular weight is 282 g/mol. The number of hydrogen-bond acceptors (Lipinski definition) is 3. The lowest BCUT2D eigenvalue weighted by Gasteiger charge is -2.18. The summed E-state index contributed by atoms with van der Waals surface area (Å²) in [5.74, 6) is 0.615. The molecule has 1 aliphatic rings. The molecule has 2 aromatic carbocycles. The number of nitrogens with two attached hydrogens (primary N) is 1. The van der Waals surface area contributed by atoms with E-state index >= 15 is 0 Å². The van der Waals surface area contributed by atoms with Gasteiger partial charge in [0.1, 0.15) is 5.75 Å². The Labute approximate surface area is 123 Å². The molecule has 3 rings (SSSR count). The Morgan fingerprint density at radius 1 is 1.19 bits per heavy atom. The first-order chi connectivity index (χ1) is 10.2. The van der Waals surface area contributed by atoms with Gasteiger partial charge in [0, 0.05) is 11.6 Å². The first kappa shape index (κ1) is 13.6. The van der Waals surface area contributed by atoms with E-state index in [-0.39, 0.29) is 18.0 Å². The van der Waals surface area contributed by atoms with E-state index in [1.54, 1.807) is 31.4 Å². The largest absolute Gasteiger partial charge is 0.497 e. The molecule has 0 heterocycles. The van der Waals surface area contributed by atoms with Crippen LogP contribution in [0.2, 0.25) is 0 Å². The number of rotatable bonds is 3. The number of amides is 1. The lowest BCUT2D eigenvalue weighted by molar-refractivity contribution is 0.0933. The van der Waals surface area contributed by atoms with Gasteiger partial charge in [0.15, 0.2) is 0 Å². The normalized spacial score (nSPS) is 19.9. The van der Waals surface area contributed by atoms with Gasteiger partial charge < -0.3 is 15.8 Å². The van der Waals surface area contributed by atoms with E-state index in [4.69, 9.17) is 10.5 Å². The second-order valence-electron chi connectivity index (χ2n) is 5.25. The number of benzene rings is 2. The van der Waals surface area contributed by atoms with E-state index in [1.807, 2.05) is 18.2 Å². The maximum Gasteiger partial charge on any atom is 0.251 e. The molecule has 0 aliphatic heterocycles. The number of ether oxygens (including phenoxy) is 1. The number of methoxy groups -OCH3 is 1. The van der Waals surface area contributed by atoms with Crippen LogP contribution in [0.15, 0.2) is 48.5 Å². The second-order valence-corrected chi connectivity index (χ2v) is 5.25. The molecule has 2 unspecified atom stereocenters. The summed E-state index contributed by atoms with van der Waals surface area (Å²) in [5.41, 5.74) is 9.10. The standard InChI is InChI=1S/C17H18N2O2/c1-21-13-8-6-11(7-9-13)17(20)19-16-14-5-3-2-4-12(14)10-15(16)18/h2-9,15-16H,10,18H2,1H3,(H,19,20). The molecule has 21 heavy (non-hydrogen) atoms. The number of hydrogen-bond donors (Lipinski definition) is 2. The highest BCUT2D eigenvalue weighted by Crippen LogP contribution is 2.30.